The van der Waals surface area contributed by atoms with E-state index in [9.17, 15) is 0 Å². The molecule has 0 saturated carbocycles. The van der Waals surface area contributed by atoms with E-state index < -0.39 is 0 Å². The van der Waals surface area contributed by atoms with Crippen LogP contribution in [0.25, 0.3) is 32.7 Å². The molecule has 6 aromatic rings. The highest BCUT2D eigenvalue weighted by molar-refractivity contribution is 7.01. The molecular weight excluding hydrogens is 409 g/mol. The van der Waals surface area contributed by atoms with Crippen LogP contribution in [0, 0.1) is 0 Å². The number of hydrogen-bond donors (Lipinski definition) is 0. The highest BCUT2D eigenvalue weighted by atomic mass is 15.1. The molecule has 2 heteroatoms. The molecule has 0 aromatic heterocycles. The van der Waals surface area contributed by atoms with Gasteiger partial charge in [0.2, 0.25) is 6.71 Å². The highest BCUT2D eigenvalue weighted by Gasteiger charge is 2.41. The number of nitrogens with zero attached hydrogens (tertiary/aromatic N) is 1. The molecule has 1 nitrogen and oxygen atoms in total. The van der Waals surface area contributed by atoms with E-state index in [0.717, 1.165) is 0 Å². The second-order valence-corrected chi connectivity index (χ2v) is 9.38. The third kappa shape index (κ3) is 2.35. The molecule has 0 spiro atoms. The minimum absolute atomic E-state index is 0.291. The van der Waals surface area contributed by atoms with Gasteiger partial charge in [0.05, 0.1) is 0 Å². The van der Waals surface area contributed by atoms with Gasteiger partial charge in [-0.1, -0.05) is 90.4 Å². The zero-order valence-electron chi connectivity index (χ0n) is 18.6. The van der Waals surface area contributed by atoms with Crippen molar-refractivity contribution in [1.29, 1.82) is 0 Å². The molecule has 0 aliphatic carbocycles. The molecule has 0 unspecified atom stereocenters. The summed E-state index contributed by atoms with van der Waals surface area (Å²) in [5.41, 5.74) is 10.7. The molecular formula is C32H20BN. The molecule has 0 bridgehead atoms. The third-order valence-electron chi connectivity index (χ3n) is 7.61. The highest BCUT2D eigenvalue weighted by Crippen LogP contribution is 2.41. The van der Waals surface area contributed by atoms with Gasteiger partial charge in [-0.05, 0) is 80.0 Å². The Labute approximate surface area is 199 Å². The second kappa shape index (κ2) is 6.62. The van der Waals surface area contributed by atoms with E-state index in [-0.39, 0.29) is 0 Å². The first-order chi connectivity index (χ1) is 16.9. The summed E-state index contributed by atoms with van der Waals surface area (Å²) >= 11 is 0. The lowest BCUT2D eigenvalue weighted by Crippen LogP contribution is -2.54. The van der Waals surface area contributed by atoms with Crippen molar-refractivity contribution in [2.45, 2.75) is 0 Å². The maximum Gasteiger partial charge on any atom is 0.248 e. The molecule has 2 aliphatic rings. The summed E-state index contributed by atoms with van der Waals surface area (Å²) in [4.78, 5) is 2.46. The predicted octanol–water partition coefficient (Wildman–Crippen LogP) is 6.27. The minimum atomic E-state index is 0.291. The summed E-state index contributed by atoms with van der Waals surface area (Å²) < 4.78 is 0. The quantitative estimate of drug-likeness (QED) is 0.220. The topological polar surface area (TPSA) is 3.24 Å². The van der Waals surface area contributed by atoms with Crippen LogP contribution in [0.15, 0.2) is 121 Å². The van der Waals surface area contributed by atoms with E-state index in [0.29, 0.717) is 6.71 Å². The van der Waals surface area contributed by atoms with Crippen LogP contribution < -0.4 is 21.3 Å². The summed E-state index contributed by atoms with van der Waals surface area (Å²) in [6.07, 6.45) is 0. The van der Waals surface area contributed by atoms with Gasteiger partial charge in [0.1, 0.15) is 0 Å². The molecule has 0 N–H and O–H groups in total. The van der Waals surface area contributed by atoms with Crippen LogP contribution >= 0.6 is 0 Å². The lowest BCUT2D eigenvalue weighted by molar-refractivity contribution is 1.30. The normalized spacial score (nSPS) is 13.2. The number of benzene rings is 6. The van der Waals surface area contributed by atoms with Crippen LogP contribution in [-0.4, -0.2) is 6.71 Å². The summed E-state index contributed by atoms with van der Waals surface area (Å²) in [5.74, 6) is 0. The van der Waals surface area contributed by atoms with Crippen molar-refractivity contribution in [3.63, 3.8) is 0 Å². The average molecular weight is 429 g/mol. The minimum Gasteiger partial charge on any atom is -0.311 e. The van der Waals surface area contributed by atoms with Gasteiger partial charge in [0, 0.05) is 17.1 Å². The SMILES string of the molecule is c1ccc2c(c1)B1c3ccccc3N(c3ccc4cc5ccccc5cc4c3)c3cccc-2c31. The standard InChI is InChI=1S/C32H20BN/c1-2-9-22-19-24-20-25(17-16-23(24)18-21(22)8-1)34-30-14-6-5-13-29(30)33-28-12-4-3-10-26(28)27-11-7-15-31(34)32(27)33/h1-20H. The van der Waals surface area contributed by atoms with Crippen LogP contribution in [0.2, 0.25) is 0 Å². The van der Waals surface area contributed by atoms with Crippen molar-refractivity contribution in [3.05, 3.63) is 121 Å². The van der Waals surface area contributed by atoms with Crippen LogP contribution in [-0.2, 0) is 0 Å². The van der Waals surface area contributed by atoms with Gasteiger partial charge in [-0.15, -0.1) is 0 Å². The van der Waals surface area contributed by atoms with Crippen LogP contribution in [0.4, 0.5) is 17.1 Å². The second-order valence-electron chi connectivity index (χ2n) is 9.38. The average Bonchev–Trinajstić information content (AvgIpc) is 3.23. The summed E-state index contributed by atoms with van der Waals surface area (Å²) in [7, 11) is 0. The maximum absolute atomic E-state index is 2.46. The Balaban J connectivity index is 1.41. The van der Waals surface area contributed by atoms with E-state index in [1.165, 1.54) is 66.1 Å². The molecule has 156 valence electrons. The number of hydrogen-bond acceptors (Lipinski definition) is 1. The van der Waals surface area contributed by atoms with Crippen molar-refractivity contribution in [3.8, 4) is 11.1 Å². The molecule has 2 heterocycles. The monoisotopic (exact) mass is 429 g/mol. The van der Waals surface area contributed by atoms with E-state index in [2.05, 4.69) is 126 Å². The zero-order chi connectivity index (χ0) is 22.2. The maximum atomic E-state index is 2.46. The summed E-state index contributed by atoms with van der Waals surface area (Å²) in [5, 5.41) is 5.11. The van der Waals surface area contributed by atoms with Gasteiger partial charge in [-0.2, -0.15) is 0 Å². The molecule has 2 aliphatic heterocycles. The lowest BCUT2D eigenvalue weighted by Gasteiger charge is -2.36. The van der Waals surface area contributed by atoms with Gasteiger partial charge in [-0.3, -0.25) is 0 Å². The van der Waals surface area contributed by atoms with Gasteiger partial charge < -0.3 is 4.90 Å². The first-order valence-electron chi connectivity index (χ1n) is 11.9. The number of rotatable bonds is 1. The van der Waals surface area contributed by atoms with Gasteiger partial charge in [0.25, 0.3) is 0 Å². The van der Waals surface area contributed by atoms with Gasteiger partial charge in [-0.25, -0.2) is 0 Å². The van der Waals surface area contributed by atoms with E-state index in [1.54, 1.807) is 0 Å². The molecule has 0 saturated heterocycles. The first kappa shape index (κ1) is 18.2. The molecule has 0 radical (unpaired) electrons. The predicted molar refractivity (Wildman–Crippen MR) is 146 cm³/mol. The Morgan fingerprint density at radius 1 is 0.441 bits per heavy atom. The fraction of sp³-hybridized carbons (Fsp3) is 0. The Hall–Kier alpha value is -4.30. The van der Waals surface area contributed by atoms with E-state index in [4.69, 9.17) is 0 Å². The Bertz CT molecular complexity index is 1780. The number of para-hydroxylation sites is 1. The van der Waals surface area contributed by atoms with Crippen LogP contribution in [0.3, 0.4) is 0 Å². The largest absolute Gasteiger partial charge is 0.311 e. The number of fused-ring (bicyclic) bond motifs is 7. The van der Waals surface area contributed by atoms with Crippen LogP contribution in [0.1, 0.15) is 0 Å². The molecule has 0 amide bonds. The summed E-state index contributed by atoms with van der Waals surface area (Å²) in [6.45, 7) is 0.291. The zero-order valence-corrected chi connectivity index (χ0v) is 18.6. The van der Waals surface area contributed by atoms with Gasteiger partial charge >= 0.3 is 0 Å². The van der Waals surface area contributed by atoms with Gasteiger partial charge in [0.15, 0.2) is 0 Å². The molecule has 0 fully saturated rings. The Kier molecular flexibility index (Phi) is 3.54. The van der Waals surface area contributed by atoms with Crippen LogP contribution in [0.5, 0.6) is 0 Å². The molecule has 8 rings (SSSR count). The van der Waals surface area contributed by atoms with Crippen molar-refractivity contribution in [2.75, 3.05) is 4.90 Å². The van der Waals surface area contributed by atoms with Crippen molar-refractivity contribution in [1.82, 2.24) is 0 Å². The molecule has 34 heavy (non-hydrogen) atoms. The first-order valence-corrected chi connectivity index (χ1v) is 11.9. The fourth-order valence-corrected chi connectivity index (χ4v) is 6.17. The lowest BCUT2D eigenvalue weighted by atomic mass is 9.37. The van der Waals surface area contributed by atoms with Crippen molar-refractivity contribution in [2.24, 2.45) is 0 Å². The molecule has 6 aromatic carbocycles. The Morgan fingerprint density at radius 2 is 1.09 bits per heavy atom. The van der Waals surface area contributed by atoms with Crippen molar-refractivity contribution < 1.29 is 0 Å². The van der Waals surface area contributed by atoms with E-state index >= 15 is 0 Å². The molecule has 0 atom stereocenters. The third-order valence-corrected chi connectivity index (χ3v) is 7.61. The summed E-state index contributed by atoms with van der Waals surface area (Å²) in [6, 6.07) is 44.7. The Morgan fingerprint density at radius 3 is 1.97 bits per heavy atom. The van der Waals surface area contributed by atoms with E-state index in [1.807, 2.05) is 0 Å². The smallest absolute Gasteiger partial charge is 0.248 e. The van der Waals surface area contributed by atoms with Crippen molar-refractivity contribution >= 4 is 61.7 Å². The fourth-order valence-electron chi connectivity index (χ4n) is 6.17. The number of anilines is 3.